The summed E-state index contributed by atoms with van der Waals surface area (Å²) in [5.41, 5.74) is -0.426. The second-order valence-electron chi connectivity index (χ2n) is 6.22. The molecule has 8 heteroatoms. The van der Waals surface area contributed by atoms with Gasteiger partial charge in [0.05, 0.1) is 11.5 Å². The van der Waals surface area contributed by atoms with Crippen LogP contribution in [0.15, 0.2) is 34.8 Å². The maximum Gasteiger partial charge on any atom is 0.348 e. The fourth-order valence-electron chi connectivity index (χ4n) is 2.05. The lowest BCUT2D eigenvalue weighted by molar-refractivity contribution is -0.393. The topological polar surface area (TPSA) is 111 Å². The number of carbonyl (C=O) groups is 3. The monoisotopic (exact) mass is 337 g/mol. The van der Waals surface area contributed by atoms with Gasteiger partial charge < -0.3 is 24.1 Å². The average Bonchev–Trinajstić information content (AvgIpc) is 2.36. The van der Waals surface area contributed by atoms with Gasteiger partial charge in [-0.25, -0.2) is 14.4 Å². The van der Waals surface area contributed by atoms with Crippen LogP contribution in [0.3, 0.4) is 0 Å². The van der Waals surface area contributed by atoms with E-state index in [1.165, 1.54) is 34.6 Å². The van der Waals surface area contributed by atoms with E-state index in [1.54, 1.807) is 0 Å². The highest BCUT2D eigenvalue weighted by Gasteiger charge is 2.38. The van der Waals surface area contributed by atoms with Crippen molar-refractivity contribution in [1.82, 2.24) is 0 Å². The molecule has 2 aliphatic rings. The van der Waals surface area contributed by atoms with Crippen molar-refractivity contribution in [3.05, 3.63) is 34.8 Å². The van der Waals surface area contributed by atoms with Gasteiger partial charge in [0.2, 0.25) is 0 Å². The van der Waals surface area contributed by atoms with E-state index < -0.39 is 35.4 Å². The SMILES string of the molecule is C/C(C=C1C(=O)OC(C)(C)OC1=O)=C\C1=C([O-])OC(C)(C)OC1=O. The molecule has 1 fully saturated rings. The lowest BCUT2D eigenvalue weighted by Crippen LogP contribution is -2.41. The molecule has 2 aliphatic heterocycles. The fourth-order valence-corrected chi connectivity index (χ4v) is 2.05. The van der Waals surface area contributed by atoms with Crippen molar-refractivity contribution >= 4 is 17.9 Å². The third kappa shape index (κ3) is 3.76. The smallest absolute Gasteiger partial charge is 0.348 e. The Labute approximate surface area is 138 Å². The highest BCUT2D eigenvalue weighted by Crippen LogP contribution is 2.26. The van der Waals surface area contributed by atoms with Crippen LogP contribution in [0.4, 0.5) is 0 Å². The quantitative estimate of drug-likeness (QED) is 0.409. The summed E-state index contributed by atoms with van der Waals surface area (Å²) in [4.78, 5) is 35.6. The van der Waals surface area contributed by atoms with E-state index in [0.29, 0.717) is 0 Å². The van der Waals surface area contributed by atoms with E-state index in [0.717, 1.165) is 12.2 Å². The molecule has 0 unspecified atom stereocenters. The number of hydrogen-bond donors (Lipinski definition) is 0. The fraction of sp³-hybridized carbons (Fsp3) is 0.438. The largest absolute Gasteiger partial charge is 0.575 e. The number of carbonyl (C=O) groups excluding carboxylic acids is 3. The van der Waals surface area contributed by atoms with Crippen molar-refractivity contribution in [2.45, 2.75) is 46.2 Å². The summed E-state index contributed by atoms with van der Waals surface area (Å²) in [5, 5.41) is 11.9. The Morgan fingerprint density at radius 3 is 1.83 bits per heavy atom. The molecule has 0 aromatic heterocycles. The van der Waals surface area contributed by atoms with Crippen LogP contribution in [0.5, 0.6) is 0 Å². The molecule has 8 nitrogen and oxygen atoms in total. The Hall–Kier alpha value is -2.77. The van der Waals surface area contributed by atoms with Gasteiger partial charge in [-0.05, 0) is 38.5 Å². The first-order valence-corrected chi connectivity index (χ1v) is 7.10. The molecule has 0 aliphatic carbocycles. The minimum Gasteiger partial charge on any atom is -0.575 e. The molecule has 2 rings (SSSR count). The number of cyclic esters (lactones) is 3. The number of ether oxygens (including phenoxy) is 4. The van der Waals surface area contributed by atoms with Crippen LogP contribution in [-0.4, -0.2) is 29.5 Å². The molecular formula is C16H17O8-. The lowest BCUT2D eigenvalue weighted by Gasteiger charge is -2.38. The molecule has 0 N–H and O–H groups in total. The molecule has 0 amide bonds. The number of esters is 3. The van der Waals surface area contributed by atoms with Crippen molar-refractivity contribution in [1.29, 1.82) is 0 Å². The zero-order chi connectivity index (χ0) is 18.3. The zero-order valence-corrected chi connectivity index (χ0v) is 13.9. The third-order valence-electron chi connectivity index (χ3n) is 2.98. The first kappa shape index (κ1) is 17.6. The summed E-state index contributed by atoms with van der Waals surface area (Å²) in [6.45, 7) is 7.18. The average molecular weight is 337 g/mol. The van der Waals surface area contributed by atoms with E-state index in [2.05, 4.69) is 0 Å². The summed E-state index contributed by atoms with van der Waals surface area (Å²) >= 11 is 0. The van der Waals surface area contributed by atoms with Crippen LogP contribution < -0.4 is 5.11 Å². The van der Waals surface area contributed by atoms with E-state index in [9.17, 15) is 19.5 Å². The highest BCUT2D eigenvalue weighted by molar-refractivity contribution is 6.15. The van der Waals surface area contributed by atoms with Crippen LogP contribution in [0.2, 0.25) is 0 Å². The van der Waals surface area contributed by atoms with Crippen molar-refractivity contribution in [3.8, 4) is 0 Å². The normalized spacial score (nSPS) is 23.1. The second kappa shape index (κ2) is 5.70. The van der Waals surface area contributed by atoms with E-state index in [-0.39, 0.29) is 16.7 Å². The predicted octanol–water partition coefficient (Wildman–Crippen LogP) is 0.577. The molecule has 0 saturated carbocycles. The molecule has 1 saturated heterocycles. The maximum absolute atomic E-state index is 11.9. The summed E-state index contributed by atoms with van der Waals surface area (Å²) in [7, 11) is 0. The molecule has 0 bridgehead atoms. The Morgan fingerprint density at radius 1 is 0.875 bits per heavy atom. The standard InChI is InChI=1S/C16H18O8/c1-8(6-9-11(17)21-15(2,3)22-12(9)18)7-10-13(19)23-16(4,5)24-14(10)20/h6-7,17H,1-5H3/p-1/b8-6+. The zero-order valence-electron chi connectivity index (χ0n) is 13.9. The molecule has 0 aromatic carbocycles. The molecule has 0 aromatic rings. The van der Waals surface area contributed by atoms with Crippen molar-refractivity contribution in [2.24, 2.45) is 0 Å². The van der Waals surface area contributed by atoms with Gasteiger partial charge in [-0.3, -0.25) is 0 Å². The molecule has 130 valence electrons. The van der Waals surface area contributed by atoms with Crippen LogP contribution >= 0.6 is 0 Å². The molecule has 0 radical (unpaired) electrons. The summed E-state index contributed by atoms with van der Waals surface area (Å²) in [6, 6.07) is 0. The van der Waals surface area contributed by atoms with Crippen LogP contribution in [0.25, 0.3) is 0 Å². The molecule has 2 heterocycles. The molecular weight excluding hydrogens is 320 g/mol. The van der Waals surface area contributed by atoms with Gasteiger partial charge >= 0.3 is 17.9 Å². The van der Waals surface area contributed by atoms with Crippen LogP contribution in [0, 0.1) is 0 Å². The van der Waals surface area contributed by atoms with Gasteiger partial charge in [0.25, 0.3) is 5.79 Å². The number of hydrogen-bond acceptors (Lipinski definition) is 8. The van der Waals surface area contributed by atoms with Crippen molar-refractivity contribution < 1.29 is 38.4 Å². The lowest BCUT2D eigenvalue weighted by atomic mass is 10.1. The molecule has 24 heavy (non-hydrogen) atoms. The number of rotatable bonds is 2. The Balaban J connectivity index is 2.30. The van der Waals surface area contributed by atoms with E-state index in [4.69, 9.17) is 18.9 Å². The van der Waals surface area contributed by atoms with Gasteiger partial charge in [0, 0.05) is 13.8 Å². The summed E-state index contributed by atoms with van der Waals surface area (Å²) in [6.07, 6.45) is 2.32. The first-order valence-electron chi connectivity index (χ1n) is 7.10. The van der Waals surface area contributed by atoms with Gasteiger partial charge in [-0.2, -0.15) is 0 Å². The third-order valence-corrected chi connectivity index (χ3v) is 2.98. The predicted molar refractivity (Wildman–Crippen MR) is 76.4 cm³/mol. The second-order valence-corrected chi connectivity index (χ2v) is 6.22. The van der Waals surface area contributed by atoms with Gasteiger partial charge in [0.1, 0.15) is 5.57 Å². The maximum atomic E-state index is 11.9. The minimum atomic E-state index is -1.35. The summed E-state index contributed by atoms with van der Waals surface area (Å²) < 4.78 is 19.8. The van der Waals surface area contributed by atoms with Crippen LogP contribution in [0.1, 0.15) is 34.6 Å². The Morgan fingerprint density at radius 2 is 1.33 bits per heavy atom. The highest BCUT2D eigenvalue weighted by atomic mass is 16.8. The molecule has 0 spiro atoms. The first-order chi connectivity index (χ1) is 10.9. The van der Waals surface area contributed by atoms with Crippen molar-refractivity contribution in [2.75, 3.05) is 0 Å². The van der Waals surface area contributed by atoms with Gasteiger partial charge in [-0.15, -0.1) is 0 Å². The van der Waals surface area contributed by atoms with Crippen molar-refractivity contribution in [3.63, 3.8) is 0 Å². The van der Waals surface area contributed by atoms with E-state index in [1.807, 2.05) is 0 Å². The van der Waals surface area contributed by atoms with E-state index >= 15 is 0 Å². The molecule has 0 atom stereocenters. The van der Waals surface area contributed by atoms with Gasteiger partial charge in [0.15, 0.2) is 5.79 Å². The summed E-state index contributed by atoms with van der Waals surface area (Å²) in [5.74, 6) is -6.12. The Kier molecular flexibility index (Phi) is 4.18. The minimum absolute atomic E-state index is 0.266. The van der Waals surface area contributed by atoms with Crippen LogP contribution in [-0.2, 0) is 33.3 Å². The Bertz CT molecular complexity index is 684. The van der Waals surface area contributed by atoms with Gasteiger partial charge in [-0.1, -0.05) is 0 Å². The number of allylic oxidation sites excluding steroid dienone is 2.